The summed E-state index contributed by atoms with van der Waals surface area (Å²) in [6.45, 7) is 0. The Labute approximate surface area is 127 Å². The van der Waals surface area contributed by atoms with Crippen LogP contribution in [0, 0.1) is 0 Å². The molecule has 1 aromatic carbocycles. The van der Waals surface area contributed by atoms with Gasteiger partial charge in [-0.2, -0.15) is 0 Å². The van der Waals surface area contributed by atoms with Crippen molar-refractivity contribution in [1.82, 2.24) is 0 Å². The van der Waals surface area contributed by atoms with Crippen LogP contribution in [0.3, 0.4) is 0 Å². The Hall–Kier alpha value is -2.82. The van der Waals surface area contributed by atoms with E-state index >= 15 is 0 Å². The van der Waals surface area contributed by atoms with Crippen LogP contribution in [0.15, 0.2) is 40.4 Å². The van der Waals surface area contributed by atoms with Crippen molar-refractivity contribution < 1.29 is 23.9 Å². The highest BCUT2D eigenvalue weighted by Gasteiger charge is 2.35. The van der Waals surface area contributed by atoms with Crippen LogP contribution >= 0.6 is 0 Å². The molecule has 0 atom stereocenters. The first kappa shape index (κ1) is 14.1. The zero-order valence-electron chi connectivity index (χ0n) is 11.1. The van der Waals surface area contributed by atoms with Crippen molar-refractivity contribution in [3.05, 3.63) is 58.5 Å². The van der Waals surface area contributed by atoms with Crippen LogP contribution in [0.5, 0.6) is 5.75 Å². The number of ketones is 3. The molecule has 1 aliphatic carbocycles. The number of allylic oxidation sites excluding steroid dienone is 1. The molecule has 1 aromatic heterocycles. The minimum absolute atomic E-state index is 0.00280. The Kier molecular flexibility index (Phi) is 3.13. The van der Waals surface area contributed by atoms with Gasteiger partial charge in [-0.25, -0.2) is 0 Å². The third-order valence-corrected chi connectivity index (χ3v) is 3.38. The zero-order chi connectivity index (χ0) is 16.0. The van der Waals surface area contributed by atoms with E-state index in [9.17, 15) is 19.5 Å². The lowest BCUT2D eigenvalue weighted by Crippen LogP contribution is -2.25. The largest absolute Gasteiger partial charge is 0.508 e. The monoisotopic (exact) mass is 288 g/mol. The summed E-state index contributed by atoms with van der Waals surface area (Å²) in [5, 5.41) is 9.24. The van der Waals surface area contributed by atoms with E-state index < -0.39 is 22.8 Å². The second-order valence-electron chi connectivity index (χ2n) is 4.72. The summed E-state index contributed by atoms with van der Waals surface area (Å²) < 4.78 is 5.15. The first-order valence-electron chi connectivity index (χ1n) is 6.21. The quantitative estimate of drug-likeness (QED) is 0.506. The first-order valence-corrected chi connectivity index (χ1v) is 6.21. The second kappa shape index (κ2) is 4.87. The van der Waals surface area contributed by atoms with Crippen LogP contribution in [0.25, 0.3) is 5.47 Å². The van der Waals surface area contributed by atoms with Crippen LogP contribution < -0.4 is 0 Å². The Morgan fingerprint density at radius 1 is 1.00 bits per heavy atom. The molecule has 0 bridgehead atoms. The van der Waals surface area contributed by atoms with Gasteiger partial charge >= 0.3 is 0 Å². The number of aromatic hydroxyl groups is 1. The summed E-state index contributed by atoms with van der Waals surface area (Å²) >= 11 is 0. The van der Waals surface area contributed by atoms with Gasteiger partial charge in [-0.15, -0.1) is 0 Å². The zero-order valence-corrected chi connectivity index (χ0v) is 11.1. The van der Waals surface area contributed by atoms with Crippen molar-refractivity contribution in [2.45, 2.75) is 0 Å². The summed E-state index contributed by atoms with van der Waals surface area (Å²) in [5.74, 6) is -2.51. The van der Waals surface area contributed by atoms with Crippen molar-refractivity contribution in [2.24, 2.45) is 0 Å². The predicted molar refractivity (Wildman–Crippen MR) is 78.0 cm³/mol. The van der Waals surface area contributed by atoms with Gasteiger partial charge in [0.2, 0.25) is 11.6 Å². The molecule has 1 aliphatic rings. The number of phenols is 1. The molecule has 0 unspecified atom stereocenters. The van der Waals surface area contributed by atoms with E-state index in [-0.39, 0.29) is 33.7 Å². The second-order valence-corrected chi connectivity index (χ2v) is 4.72. The average Bonchev–Trinajstić information content (AvgIpc) is 2.96. The Morgan fingerprint density at radius 3 is 2.27 bits per heavy atom. The molecule has 0 saturated heterocycles. The van der Waals surface area contributed by atoms with Gasteiger partial charge in [0.1, 0.15) is 33.5 Å². The van der Waals surface area contributed by atoms with Gasteiger partial charge in [-0.05, 0) is 29.7 Å². The summed E-state index contributed by atoms with van der Waals surface area (Å²) in [4.78, 5) is 36.3. The smallest absolute Gasteiger partial charge is 0.236 e. The number of hydrogen-bond donors (Lipinski definition) is 1. The fraction of sp³-hybridized carbons (Fsp3) is 0. The molecule has 3 rings (SSSR count). The van der Waals surface area contributed by atoms with Crippen LogP contribution in [-0.4, -0.2) is 38.1 Å². The summed E-state index contributed by atoms with van der Waals surface area (Å²) in [6, 6.07) is 5.44. The van der Waals surface area contributed by atoms with E-state index in [0.29, 0.717) is 0 Å². The number of carbonyl (C=O) groups excluding carboxylic acids is 3. The van der Waals surface area contributed by atoms with Crippen molar-refractivity contribution in [3.8, 4) is 5.75 Å². The Bertz CT molecular complexity index is 859. The molecular weight excluding hydrogens is 282 g/mol. The number of hydrogen-bond acceptors (Lipinski definition) is 5. The lowest BCUT2D eigenvalue weighted by Gasteiger charge is -2.13. The van der Waals surface area contributed by atoms with Gasteiger partial charge in [-0.3, -0.25) is 14.4 Å². The lowest BCUT2D eigenvalue weighted by molar-refractivity contribution is -0.111. The third kappa shape index (κ3) is 1.94. The number of Topliss-reactive ketones (excluding diaryl/α,β-unsaturated/α-hetero) is 2. The van der Waals surface area contributed by atoms with Crippen molar-refractivity contribution in [3.63, 3.8) is 0 Å². The lowest BCUT2D eigenvalue weighted by atomic mass is 9.70. The highest BCUT2D eigenvalue weighted by Crippen LogP contribution is 2.31. The average molecular weight is 288 g/mol. The summed E-state index contributed by atoms with van der Waals surface area (Å²) in [5.41, 5.74) is -0.591. The maximum atomic E-state index is 12.4. The molecule has 5 nitrogen and oxygen atoms in total. The van der Waals surface area contributed by atoms with E-state index in [0.717, 1.165) is 6.26 Å². The van der Waals surface area contributed by atoms with Crippen LogP contribution in [0.2, 0.25) is 0 Å². The number of rotatable bonds is 2. The number of fused-ring (bicyclic) bond motifs is 1. The highest BCUT2D eigenvalue weighted by molar-refractivity contribution is 6.68. The maximum Gasteiger partial charge on any atom is 0.236 e. The Balaban J connectivity index is 2.14. The number of furan rings is 1. The molecule has 7 heteroatoms. The maximum absolute atomic E-state index is 12.4. The molecule has 4 radical (unpaired) electrons. The SMILES string of the molecule is [B]C1=C([B])c2occ(C(=O)c3ccc(O)cc3)c2C(=O)C1=O. The van der Waals surface area contributed by atoms with Gasteiger partial charge < -0.3 is 9.52 Å². The van der Waals surface area contributed by atoms with Crippen molar-refractivity contribution in [2.75, 3.05) is 0 Å². The third-order valence-electron chi connectivity index (χ3n) is 3.38. The van der Waals surface area contributed by atoms with Crippen LogP contribution in [0.1, 0.15) is 32.0 Å². The molecule has 2 aromatic rings. The normalized spacial score (nSPS) is 14.2. The molecule has 0 saturated carbocycles. The molecule has 22 heavy (non-hydrogen) atoms. The number of benzene rings is 1. The minimum atomic E-state index is -0.967. The van der Waals surface area contributed by atoms with E-state index in [4.69, 9.17) is 20.1 Å². The van der Waals surface area contributed by atoms with Gasteiger partial charge in [0.15, 0.2) is 5.78 Å². The molecule has 1 heterocycles. The topological polar surface area (TPSA) is 84.6 Å². The molecule has 0 spiro atoms. The van der Waals surface area contributed by atoms with Crippen molar-refractivity contribution >= 4 is 38.5 Å². The molecule has 0 aliphatic heterocycles. The molecule has 0 fully saturated rings. The number of carbonyl (C=O) groups is 3. The number of phenolic OH excluding ortho intramolecular Hbond substituents is 1. The first-order chi connectivity index (χ1) is 10.4. The molecule has 102 valence electrons. The summed E-state index contributed by atoms with van der Waals surface area (Å²) in [6.07, 6.45) is 1.07. The standard InChI is InChI=1S/C15H6B2O5/c16-10-11(17)15-9(13(20)14(10)21)8(5-22-15)12(19)6-1-3-7(18)4-2-6/h1-5,18H. The molecule has 0 amide bonds. The van der Waals surface area contributed by atoms with E-state index in [1.165, 1.54) is 24.3 Å². The Morgan fingerprint density at radius 2 is 1.64 bits per heavy atom. The van der Waals surface area contributed by atoms with Gasteiger partial charge in [0.05, 0.1) is 11.1 Å². The van der Waals surface area contributed by atoms with E-state index in [1.54, 1.807) is 0 Å². The fourth-order valence-corrected chi connectivity index (χ4v) is 2.20. The van der Waals surface area contributed by atoms with Gasteiger partial charge in [0.25, 0.3) is 0 Å². The molecular formula is C15H6B2O5. The summed E-state index contributed by atoms with van der Waals surface area (Å²) in [7, 11) is 11.1. The van der Waals surface area contributed by atoms with Gasteiger partial charge in [0, 0.05) is 5.56 Å². The van der Waals surface area contributed by atoms with E-state index in [1.807, 2.05) is 0 Å². The van der Waals surface area contributed by atoms with Crippen LogP contribution in [0.4, 0.5) is 0 Å². The predicted octanol–water partition coefficient (Wildman–Crippen LogP) is 0.987. The van der Waals surface area contributed by atoms with Gasteiger partial charge in [-0.1, -0.05) is 5.47 Å². The fourth-order valence-electron chi connectivity index (χ4n) is 2.20. The highest BCUT2D eigenvalue weighted by atomic mass is 16.3. The van der Waals surface area contributed by atoms with E-state index in [2.05, 4.69) is 0 Å². The molecule has 1 N–H and O–H groups in total. The van der Waals surface area contributed by atoms with Crippen LogP contribution in [-0.2, 0) is 4.79 Å². The minimum Gasteiger partial charge on any atom is -0.508 e. The van der Waals surface area contributed by atoms with Crippen molar-refractivity contribution in [1.29, 1.82) is 0 Å².